The van der Waals surface area contributed by atoms with Crippen molar-refractivity contribution in [3.63, 3.8) is 0 Å². The van der Waals surface area contributed by atoms with Crippen molar-refractivity contribution in [1.29, 1.82) is 0 Å². The lowest BCUT2D eigenvalue weighted by Crippen LogP contribution is -2.06. The number of benzene rings is 2. The van der Waals surface area contributed by atoms with Gasteiger partial charge in [-0.1, -0.05) is 41.6 Å². The molecule has 0 bridgehead atoms. The van der Waals surface area contributed by atoms with Crippen molar-refractivity contribution in [2.75, 3.05) is 12.4 Å². The van der Waals surface area contributed by atoms with Crippen LogP contribution in [0.25, 0.3) is 5.69 Å². The average Bonchev–Trinajstić information content (AvgIpc) is 3.01. The molecule has 3 aromatic rings. The van der Waals surface area contributed by atoms with Gasteiger partial charge in [0.05, 0.1) is 12.3 Å². The van der Waals surface area contributed by atoms with Gasteiger partial charge in [0.15, 0.2) is 0 Å². The van der Waals surface area contributed by atoms with Gasteiger partial charge < -0.3 is 4.74 Å². The highest BCUT2D eigenvalue weighted by Crippen LogP contribution is 2.23. The Morgan fingerprint density at radius 1 is 1.08 bits per heavy atom. The van der Waals surface area contributed by atoms with Gasteiger partial charge in [-0.2, -0.15) is 4.68 Å². The summed E-state index contributed by atoms with van der Waals surface area (Å²) in [5.74, 6) is 1.54. The highest BCUT2D eigenvalue weighted by atomic mass is 35.5. The number of para-hydroxylation sites is 1. The van der Waals surface area contributed by atoms with E-state index in [1.54, 1.807) is 16.4 Å². The maximum Gasteiger partial charge on any atom is 0.214 e. The molecule has 0 amide bonds. The Kier molecular flexibility index (Phi) is 5.37. The number of halogens is 1. The summed E-state index contributed by atoms with van der Waals surface area (Å²) >= 11 is 7.42. The van der Waals surface area contributed by atoms with Crippen molar-refractivity contribution in [2.24, 2.45) is 0 Å². The van der Waals surface area contributed by atoms with Crippen molar-refractivity contribution in [3.8, 4) is 11.4 Å². The summed E-state index contributed by atoms with van der Waals surface area (Å²) in [7, 11) is 0. The number of hydrogen-bond acceptors (Lipinski definition) is 5. The molecule has 0 atom stereocenters. The highest BCUT2D eigenvalue weighted by Gasteiger charge is 2.13. The van der Waals surface area contributed by atoms with Gasteiger partial charge in [-0.25, -0.2) is 0 Å². The van der Waals surface area contributed by atoms with Gasteiger partial charge in [0.2, 0.25) is 5.16 Å². The predicted octanol–water partition coefficient (Wildman–Crippen LogP) is 4.10. The Morgan fingerprint density at radius 3 is 2.50 bits per heavy atom. The molecule has 0 aliphatic heterocycles. The van der Waals surface area contributed by atoms with Gasteiger partial charge >= 0.3 is 0 Å². The highest BCUT2D eigenvalue weighted by molar-refractivity contribution is 7.99. The summed E-state index contributed by atoms with van der Waals surface area (Å²) in [4.78, 5) is 0. The van der Waals surface area contributed by atoms with Crippen LogP contribution in [0.3, 0.4) is 0 Å². The third-order valence-corrected chi connectivity index (χ3v) is 4.62. The van der Waals surface area contributed by atoms with E-state index in [0.29, 0.717) is 11.6 Å². The van der Waals surface area contributed by atoms with E-state index >= 15 is 0 Å². The second-order valence-corrected chi connectivity index (χ2v) is 6.76. The topological polar surface area (TPSA) is 52.8 Å². The molecule has 0 fully saturated rings. The molecule has 7 heteroatoms. The maximum absolute atomic E-state index is 5.86. The van der Waals surface area contributed by atoms with E-state index < -0.39 is 0 Å². The second-order valence-electron chi connectivity index (χ2n) is 5.26. The van der Waals surface area contributed by atoms with Gasteiger partial charge in [0, 0.05) is 10.8 Å². The summed E-state index contributed by atoms with van der Waals surface area (Å²) in [6.07, 6.45) is 0. The lowest BCUT2D eigenvalue weighted by atomic mass is 10.1. The quantitative estimate of drug-likeness (QED) is 0.489. The molecule has 2 aromatic carbocycles. The molecule has 124 valence electrons. The Balaban J connectivity index is 1.63. The van der Waals surface area contributed by atoms with Gasteiger partial charge in [0.25, 0.3) is 0 Å². The Labute approximate surface area is 150 Å². The molecule has 0 spiro atoms. The smallest absolute Gasteiger partial charge is 0.214 e. The molecule has 0 aliphatic carbocycles. The van der Waals surface area contributed by atoms with Gasteiger partial charge in [-0.15, -0.1) is 5.10 Å². The van der Waals surface area contributed by atoms with Gasteiger partial charge in [-0.05, 0) is 59.7 Å². The molecular formula is C17H17ClN4OS. The van der Waals surface area contributed by atoms with Crippen molar-refractivity contribution >= 4 is 23.4 Å². The second kappa shape index (κ2) is 7.68. The SMILES string of the molecule is Cc1cccc(C)c1-n1nnnc1SCCOc1ccc(Cl)cc1. The lowest BCUT2D eigenvalue weighted by molar-refractivity contribution is 0.344. The molecule has 0 unspecified atom stereocenters. The molecule has 0 aliphatic rings. The van der Waals surface area contributed by atoms with Crippen LogP contribution in [0.1, 0.15) is 11.1 Å². The van der Waals surface area contributed by atoms with Crippen molar-refractivity contribution < 1.29 is 4.74 Å². The Hall–Kier alpha value is -2.05. The molecule has 1 heterocycles. The largest absolute Gasteiger partial charge is 0.493 e. The Bertz CT molecular complexity index is 799. The third-order valence-electron chi connectivity index (χ3n) is 3.49. The summed E-state index contributed by atoms with van der Waals surface area (Å²) in [5.41, 5.74) is 3.31. The van der Waals surface area contributed by atoms with E-state index in [1.165, 1.54) is 0 Å². The summed E-state index contributed by atoms with van der Waals surface area (Å²) in [5, 5.41) is 13.5. The van der Waals surface area contributed by atoms with E-state index in [2.05, 4.69) is 41.5 Å². The lowest BCUT2D eigenvalue weighted by Gasteiger charge is -2.10. The zero-order valence-electron chi connectivity index (χ0n) is 13.4. The van der Waals surface area contributed by atoms with E-state index in [1.807, 2.05) is 30.3 Å². The molecular weight excluding hydrogens is 344 g/mol. The van der Waals surface area contributed by atoms with Crippen LogP contribution in [0, 0.1) is 13.8 Å². The number of aromatic nitrogens is 4. The molecule has 0 N–H and O–H groups in total. The van der Waals surface area contributed by atoms with Crippen LogP contribution >= 0.6 is 23.4 Å². The number of nitrogens with zero attached hydrogens (tertiary/aromatic N) is 4. The Morgan fingerprint density at radius 2 is 1.79 bits per heavy atom. The van der Waals surface area contributed by atoms with E-state index in [0.717, 1.165) is 33.5 Å². The number of ether oxygens (including phenoxy) is 1. The van der Waals surface area contributed by atoms with Crippen LogP contribution in [-0.2, 0) is 0 Å². The average molecular weight is 361 g/mol. The van der Waals surface area contributed by atoms with Crippen molar-refractivity contribution in [1.82, 2.24) is 20.2 Å². The number of thioether (sulfide) groups is 1. The minimum absolute atomic E-state index is 0.561. The van der Waals surface area contributed by atoms with Crippen molar-refractivity contribution in [3.05, 3.63) is 58.6 Å². The summed E-state index contributed by atoms with van der Waals surface area (Å²) in [6, 6.07) is 13.5. The fraction of sp³-hybridized carbons (Fsp3) is 0.235. The van der Waals surface area contributed by atoms with Crippen LogP contribution in [-0.4, -0.2) is 32.6 Å². The van der Waals surface area contributed by atoms with Crippen LogP contribution in [0.2, 0.25) is 5.02 Å². The van der Waals surface area contributed by atoms with E-state index in [9.17, 15) is 0 Å². The predicted molar refractivity (Wildman–Crippen MR) is 96.3 cm³/mol. The first kappa shape index (κ1) is 16.8. The van der Waals surface area contributed by atoms with Crippen LogP contribution in [0.15, 0.2) is 47.6 Å². The number of rotatable bonds is 6. The number of aryl methyl sites for hydroxylation is 2. The van der Waals surface area contributed by atoms with Gasteiger partial charge in [-0.3, -0.25) is 0 Å². The van der Waals surface area contributed by atoms with E-state index in [-0.39, 0.29) is 0 Å². The number of hydrogen-bond donors (Lipinski definition) is 0. The van der Waals surface area contributed by atoms with Crippen LogP contribution in [0.5, 0.6) is 5.75 Å². The number of tetrazole rings is 1. The van der Waals surface area contributed by atoms with Gasteiger partial charge in [0.1, 0.15) is 5.75 Å². The van der Waals surface area contributed by atoms with Crippen molar-refractivity contribution in [2.45, 2.75) is 19.0 Å². The molecule has 1 aromatic heterocycles. The minimum Gasteiger partial charge on any atom is -0.493 e. The normalized spacial score (nSPS) is 10.8. The summed E-state index contributed by atoms with van der Waals surface area (Å²) < 4.78 is 7.48. The zero-order chi connectivity index (χ0) is 16.9. The molecule has 0 saturated heterocycles. The third kappa shape index (κ3) is 3.88. The molecule has 24 heavy (non-hydrogen) atoms. The molecule has 5 nitrogen and oxygen atoms in total. The maximum atomic E-state index is 5.86. The first-order valence-electron chi connectivity index (χ1n) is 7.51. The van der Waals surface area contributed by atoms with Crippen LogP contribution < -0.4 is 4.74 Å². The first-order valence-corrected chi connectivity index (χ1v) is 8.87. The van der Waals surface area contributed by atoms with E-state index in [4.69, 9.17) is 16.3 Å². The molecule has 0 radical (unpaired) electrons. The zero-order valence-corrected chi connectivity index (χ0v) is 15.0. The summed E-state index contributed by atoms with van der Waals surface area (Å²) in [6.45, 7) is 4.68. The fourth-order valence-electron chi connectivity index (χ4n) is 2.37. The first-order chi connectivity index (χ1) is 11.6. The molecule has 0 saturated carbocycles. The minimum atomic E-state index is 0.561. The standard InChI is InChI=1S/C17H17ClN4OS/c1-12-4-3-5-13(2)16(12)22-17(19-20-21-22)24-11-10-23-15-8-6-14(18)7-9-15/h3-9H,10-11H2,1-2H3. The molecule has 3 rings (SSSR count). The fourth-order valence-corrected chi connectivity index (χ4v) is 3.19. The van der Waals surface area contributed by atoms with Crippen LogP contribution in [0.4, 0.5) is 0 Å². The monoisotopic (exact) mass is 360 g/mol.